The Kier molecular flexibility index (Phi) is 6.53. The average molecular weight is 795 g/mol. The van der Waals surface area contributed by atoms with Crippen molar-refractivity contribution in [3.63, 3.8) is 0 Å². The molecule has 0 N–H and O–H groups in total. The van der Waals surface area contributed by atoms with Crippen LogP contribution in [0.4, 0.5) is 34.1 Å². The highest BCUT2D eigenvalue weighted by Crippen LogP contribution is 2.50. The molecular formula is C60H35BN2. The van der Waals surface area contributed by atoms with E-state index in [0.29, 0.717) is 0 Å². The zero-order valence-corrected chi connectivity index (χ0v) is 34.2. The van der Waals surface area contributed by atoms with Crippen molar-refractivity contribution >= 4 is 143 Å². The molecule has 2 aliphatic heterocycles. The van der Waals surface area contributed by atoms with Crippen LogP contribution in [0.25, 0.3) is 86.2 Å². The summed E-state index contributed by atoms with van der Waals surface area (Å²) < 4.78 is 0. The molecule has 13 aromatic rings. The van der Waals surface area contributed by atoms with Crippen LogP contribution in [-0.2, 0) is 0 Å². The lowest BCUT2D eigenvalue weighted by Gasteiger charge is -2.45. The number of benzene rings is 13. The Morgan fingerprint density at radius 3 is 1.48 bits per heavy atom. The van der Waals surface area contributed by atoms with Gasteiger partial charge in [0.2, 0.25) is 0 Å². The van der Waals surface area contributed by atoms with E-state index >= 15 is 0 Å². The second-order valence-corrected chi connectivity index (χ2v) is 17.6. The molecule has 0 bridgehead atoms. The van der Waals surface area contributed by atoms with E-state index in [-0.39, 0.29) is 6.71 Å². The van der Waals surface area contributed by atoms with E-state index in [9.17, 15) is 0 Å². The van der Waals surface area contributed by atoms with Crippen LogP contribution in [0.2, 0.25) is 0 Å². The fraction of sp³-hybridized carbons (Fsp3) is 0. The van der Waals surface area contributed by atoms with Gasteiger partial charge in [0.15, 0.2) is 0 Å². The smallest absolute Gasteiger partial charge is 0.252 e. The summed E-state index contributed by atoms with van der Waals surface area (Å²) >= 11 is 0. The number of hydrogen-bond donors (Lipinski definition) is 0. The predicted octanol–water partition coefficient (Wildman–Crippen LogP) is 14.4. The Balaban J connectivity index is 1.10. The summed E-state index contributed by atoms with van der Waals surface area (Å²) in [5.41, 5.74) is 11.3. The molecule has 0 amide bonds. The fourth-order valence-corrected chi connectivity index (χ4v) is 11.8. The zero-order chi connectivity index (χ0) is 40.9. The molecule has 288 valence electrons. The SMILES string of the molecule is c1cc2c3c(c1)N(c1ccc4ccccc4c1)c1c(cc4ccc5cccc6ccc1c4c56)B3c1ccc3c(ccc4c5ccccc5ccc34)c1N2c1ccc2ccccc2c1. The summed E-state index contributed by atoms with van der Waals surface area (Å²) in [5.74, 6) is 0. The fourth-order valence-electron chi connectivity index (χ4n) is 11.8. The maximum absolute atomic E-state index is 2.59. The van der Waals surface area contributed by atoms with Crippen LogP contribution in [0, 0.1) is 0 Å². The van der Waals surface area contributed by atoms with Crippen LogP contribution in [0.3, 0.4) is 0 Å². The van der Waals surface area contributed by atoms with Gasteiger partial charge in [-0.05, 0) is 128 Å². The van der Waals surface area contributed by atoms with Crippen molar-refractivity contribution in [3.05, 3.63) is 212 Å². The van der Waals surface area contributed by atoms with Crippen molar-refractivity contribution in [2.24, 2.45) is 0 Å². The summed E-state index contributed by atoms with van der Waals surface area (Å²) in [7, 11) is 0. The van der Waals surface area contributed by atoms with Gasteiger partial charge in [0.05, 0.1) is 0 Å². The van der Waals surface area contributed by atoms with Crippen molar-refractivity contribution in [1.29, 1.82) is 0 Å². The van der Waals surface area contributed by atoms with E-state index in [1.807, 2.05) is 0 Å². The van der Waals surface area contributed by atoms with E-state index in [1.54, 1.807) is 0 Å². The lowest BCUT2D eigenvalue weighted by Crippen LogP contribution is -2.61. The largest absolute Gasteiger partial charge is 0.311 e. The van der Waals surface area contributed by atoms with Gasteiger partial charge in [-0.25, -0.2) is 0 Å². The molecular weight excluding hydrogens is 759 g/mol. The third-order valence-electron chi connectivity index (χ3n) is 14.5. The summed E-state index contributed by atoms with van der Waals surface area (Å²) in [5, 5.41) is 20.4. The van der Waals surface area contributed by atoms with E-state index < -0.39 is 0 Å². The molecule has 3 heteroatoms. The van der Waals surface area contributed by atoms with Gasteiger partial charge in [0.1, 0.15) is 0 Å². The molecule has 0 unspecified atom stereocenters. The zero-order valence-electron chi connectivity index (χ0n) is 34.2. The normalized spacial score (nSPS) is 13.3. The first-order valence-corrected chi connectivity index (χ1v) is 22.0. The first-order chi connectivity index (χ1) is 31.2. The Bertz CT molecular complexity index is 4120. The number of nitrogens with zero attached hydrogens (tertiary/aromatic N) is 2. The predicted molar refractivity (Wildman–Crippen MR) is 272 cm³/mol. The van der Waals surface area contributed by atoms with Gasteiger partial charge in [-0.15, -0.1) is 0 Å². The first kappa shape index (κ1) is 33.6. The van der Waals surface area contributed by atoms with Crippen molar-refractivity contribution in [3.8, 4) is 0 Å². The van der Waals surface area contributed by atoms with Crippen LogP contribution in [0.15, 0.2) is 212 Å². The monoisotopic (exact) mass is 794 g/mol. The highest BCUT2D eigenvalue weighted by molar-refractivity contribution is 7.01. The van der Waals surface area contributed by atoms with Gasteiger partial charge >= 0.3 is 0 Å². The van der Waals surface area contributed by atoms with Gasteiger partial charge in [0.25, 0.3) is 6.71 Å². The van der Waals surface area contributed by atoms with Gasteiger partial charge in [-0.3, -0.25) is 0 Å². The number of fused-ring (bicyclic) bond motifs is 13. The van der Waals surface area contributed by atoms with Crippen molar-refractivity contribution in [2.75, 3.05) is 9.80 Å². The standard InChI is InChI=1S/C60H35BN2/c1-3-12-41-33-44(25-21-36(41)9-1)62-54-17-8-18-55-58(54)61(52-32-31-49-48-27-23-38-11-5-6-16-46(38)47(48)29-30-50(49)59(52)62)53-35-43-20-19-39-14-7-15-40-24-28-51(57(43)56(39)40)60(53)63(55)45-26-22-37-10-2-4-13-42(37)34-45/h1-35H. The Hall–Kier alpha value is -8.14. The number of anilines is 6. The van der Waals surface area contributed by atoms with Crippen LogP contribution >= 0.6 is 0 Å². The Morgan fingerprint density at radius 2 is 0.746 bits per heavy atom. The molecule has 0 spiro atoms. The van der Waals surface area contributed by atoms with E-state index in [2.05, 4.69) is 222 Å². The molecule has 0 aromatic heterocycles. The maximum atomic E-state index is 2.59. The summed E-state index contributed by atoms with van der Waals surface area (Å²) in [6, 6.07) is 80.2. The molecule has 0 saturated heterocycles. The van der Waals surface area contributed by atoms with E-state index in [4.69, 9.17) is 0 Å². The van der Waals surface area contributed by atoms with Crippen LogP contribution in [-0.4, -0.2) is 6.71 Å². The Labute approximate surface area is 363 Å². The molecule has 0 saturated carbocycles. The molecule has 2 heterocycles. The maximum Gasteiger partial charge on any atom is 0.252 e. The quantitative estimate of drug-likeness (QED) is 0.127. The third-order valence-corrected chi connectivity index (χ3v) is 14.5. The first-order valence-electron chi connectivity index (χ1n) is 22.0. The van der Waals surface area contributed by atoms with Gasteiger partial charge < -0.3 is 9.80 Å². The van der Waals surface area contributed by atoms with Crippen LogP contribution < -0.4 is 26.2 Å². The Morgan fingerprint density at radius 1 is 0.270 bits per heavy atom. The highest BCUT2D eigenvalue weighted by Gasteiger charge is 2.44. The second-order valence-electron chi connectivity index (χ2n) is 17.6. The summed E-state index contributed by atoms with van der Waals surface area (Å²) in [6.07, 6.45) is 0. The minimum absolute atomic E-state index is 0.0202. The molecule has 15 rings (SSSR count). The molecule has 2 nitrogen and oxygen atoms in total. The van der Waals surface area contributed by atoms with E-state index in [1.165, 1.54) is 125 Å². The average Bonchev–Trinajstić information content (AvgIpc) is 3.34. The van der Waals surface area contributed by atoms with Crippen molar-refractivity contribution in [2.45, 2.75) is 0 Å². The van der Waals surface area contributed by atoms with E-state index in [0.717, 1.165) is 11.4 Å². The van der Waals surface area contributed by atoms with Crippen molar-refractivity contribution in [1.82, 2.24) is 0 Å². The van der Waals surface area contributed by atoms with Gasteiger partial charge in [0, 0.05) is 44.9 Å². The van der Waals surface area contributed by atoms with Crippen LogP contribution in [0.1, 0.15) is 0 Å². The minimum Gasteiger partial charge on any atom is -0.311 e. The lowest BCUT2D eigenvalue weighted by molar-refractivity contribution is 1.27. The minimum atomic E-state index is -0.0202. The number of rotatable bonds is 2. The summed E-state index contributed by atoms with van der Waals surface area (Å²) in [6.45, 7) is -0.0202. The molecule has 63 heavy (non-hydrogen) atoms. The molecule has 0 atom stereocenters. The third kappa shape index (κ3) is 4.48. The highest BCUT2D eigenvalue weighted by atomic mass is 15.2. The molecule has 13 aromatic carbocycles. The lowest BCUT2D eigenvalue weighted by atomic mass is 9.33. The second kappa shape index (κ2) is 12.2. The van der Waals surface area contributed by atoms with Crippen LogP contribution in [0.5, 0.6) is 0 Å². The van der Waals surface area contributed by atoms with Crippen molar-refractivity contribution < 1.29 is 0 Å². The number of hydrogen-bond acceptors (Lipinski definition) is 2. The van der Waals surface area contributed by atoms with Gasteiger partial charge in [-0.1, -0.05) is 176 Å². The molecule has 2 aliphatic rings. The topological polar surface area (TPSA) is 6.48 Å². The summed E-state index contributed by atoms with van der Waals surface area (Å²) in [4.78, 5) is 5.17. The van der Waals surface area contributed by atoms with Gasteiger partial charge in [-0.2, -0.15) is 0 Å². The molecule has 0 aliphatic carbocycles. The molecule has 0 fully saturated rings. The molecule has 0 radical (unpaired) electrons.